The summed E-state index contributed by atoms with van der Waals surface area (Å²) in [6.45, 7) is 8.46. The lowest BCUT2D eigenvalue weighted by Gasteiger charge is -2.43. The predicted octanol–water partition coefficient (Wildman–Crippen LogP) is 1.47. The lowest BCUT2D eigenvalue weighted by Crippen LogP contribution is -2.54. The summed E-state index contributed by atoms with van der Waals surface area (Å²) in [6.07, 6.45) is 4.27. The van der Waals surface area contributed by atoms with Gasteiger partial charge in [0.15, 0.2) is 0 Å². The third-order valence-corrected chi connectivity index (χ3v) is 3.68. The zero-order chi connectivity index (χ0) is 9.26. The van der Waals surface area contributed by atoms with Crippen LogP contribution in [0, 0.1) is 5.92 Å². The van der Waals surface area contributed by atoms with Crippen molar-refractivity contribution >= 4 is 0 Å². The van der Waals surface area contributed by atoms with E-state index < -0.39 is 0 Å². The van der Waals surface area contributed by atoms with Crippen LogP contribution in [0.4, 0.5) is 0 Å². The molecule has 0 aromatic heterocycles. The average Bonchev–Trinajstić information content (AvgIpc) is 2.17. The molecule has 0 aromatic rings. The molecule has 0 aromatic carbocycles. The van der Waals surface area contributed by atoms with Gasteiger partial charge in [-0.25, -0.2) is 0 Å². The van der Waals surface area contributed by atoms with E-state index in [4.69, 9.17) is 0 Å². The maximum atomic E-state index is 3.66. The molecule has 0 aliphatic carbocycles. The van der Waals surface area contributed by atoms with E-state index in [0.29, 0.717) is 0 Å². The monoisotopic (exact) mass is 182 g/mol. The highest BCUT2D eigenvalue weighted by molar-refractivity contribution is 4.89. The number of hydrogen-bond acceptors (Lipinski definition) is 2. The maximum absolute atomic E-state index is 3.66. The Morgan fingerprint density at radius 3 is 2.92 bits per heavy atom. The minimum Gasteiger partial charge on any atom is -0.312 e. The summed E-state index contributed by atoms with van der Waals surface area (Å²) in [7, 11) is 0. The van der Waals surface area contributed by atoms with Gasteiger partial charge in [0, 0.05) is 18.6 Å². The molecule has 2 atom stereocenters. The highest BCUT2D eigenvalue weighted by Gasteiger charge is 2.31. The fourth-order valence-electron chi connectivity index (χ4n) is 2.72. The van der Waals surface area contributed by atoms with Gasteiger partial charge in [-0.2, -0.15) is 0 Å². The van der Waals surface area contributed by atoms with Crippen molar-refractivity contribution in [2.45, 2.75) is 45.2 Å². The molecular formula is C11H22N2. The Balaban J connectivity index is 1.91. The summed E-state index contributed by atoms with van der Waals surface area (Å²) in [6, 6.07) is 1.52. The third kappa shape index (κ3) is 2.05. The van der Waals surface area contributed by atoms with Crippen LogP contribution in [0.25, 0.3) is 0 Å². The molecule has 2 saturated heterocycles. The SMILES string of the molecule is CC(C)N1CCC2CCCNC2C1. The molecule has 0 spiro atoms. The Morgan fingerprint density at radius 1 is 1.31 bits per heavy atom. The van der Waals surface area contributed by atoms with Crippen molar-refractivity contribution in [2.75, 3.05) is 19.6 Å². The molecule has 2 nitrogen and oxygen atoms in total. The minimum absolute atomic E-state index is 0.727. The van der Waals surface area contributed by atoms with Gasteiger partial charge in [0.1, 0.15) is 0 Å². The van der Waals surface area contributed by atoms with Gasteiger partial charge < -0.3 is 5.32 Å². The summed E-state index contributed by atoms with van der Waals surface area (Å²) >= 11 is 0. The van der Waals surface area contributed by atoms with E-state index in [2.05, 4.69) is 24.1 Å². The predicted molar refractivity (Wildman–Crippen MR) is 55.8 cm³/mol. The van der Waals surface area contributed by atoms with Crippen molar-refractivity contribution in [1.82, 2.24) is 10.2 Å². The number of nitrogens with zero attached hydrogens (tertiary/aromatic N) is 1. The van der Waals surface area contributed by atoms with Gasteiger partial charge in [-0.05, 0) is 52.1 Å². The molecule has 0 saturated carbocycles. The smallest absolute Gasteiger partial charge is 0.0223 e. The van der Waals surface area contributed by atoms with E-state index in [1.807, 2.05) is 0 Å². The topological polar surface area (TPSA) is 15.3 Å². The first-order valence-corrected chi connectivity index (χ1v) is 5.75. The maximum Gasteiger partial charge on any atom is 0.0223 e. The molecule has 2 heterocycles. The van der Waals surface area contributed by atoms with Crippen molar-refractivity contribution in [1.29, 1.82) is 0 Å². The molecule has 13 heavy (non-hydrogen) atoms. The number of fused-ring (bicyclic) bond motifs is 1. The normalized spacial score (nSPS) is 36.2. The van der Waals surface area contributed by atoms with E-state index in [1.54, 1.807) is 0 Å². The Bertz CT molecular complexity index is 167. The molecule has 2 fully saturated rings. The molecule has 0 radical (unpaired) electrons. The highest BCUT2D eigenvalue weighted by Crippen LogP contribution is 2.26. The van der Waals surface area contributed by atoms with Crippen LogP contribution in [-0.4, -0.2) is 36.6 Å². The van der Waals surface area contributed by atoms with E-state index in [9.17, 15) is 0 Å². The van der Waals surface area contributed by atoms with Crippen LogP contribution in [0.1, 0.15) is 33.1 Å². The summed E-state index contributed by atoms with van der Waals surface area (Å²) in [4.78, 5) is 2.61. The Hall–Kier alpha value is -0.0800. The molecule has 0 bridgehead atoms. The number of nitrogens with one attached hydrogen (secondary N) is 1. The number of piperidine rings is 2. The van der Waals surface area contributed by atoms with Crippen LogP contribution in [0.3, 0.4) is 0 Å². The number of rotatable bonds is 1. The number of likely N-dealkylation sites (tertiary alicyclic amines) is 1. The van der Waals surface area contributed by atoms with Crippen molar-refractivity contribution in [2.24, 2.45) is 5.92 Å². The average molecular weight is 182 g/mol. The van der Waals surface area contributed by atoms with Crippen molar-refractivity contribution in [3.63, 3.8) is 0 Å². The number of hydrogen-bond donors (Lipinski definition) is 1. The quantitative estimate of drug-likeness (QED) is 0.660. The molecular weight excluding hydrogens is 160 g/mol. The Labute approximate surface area is 81.7 Å². The van der Waals surface area contributed by atoms with Gasteiger partial charge in [-0.15, -0.1) is 0 Å². The molecule has 1 N–H and O–H groups in total. The van der Waals surface area contributed by atoms with Gasteiger partial charge in [0.2, 0.25) is 0 Å². The fourth-order valence-corrected chi connectivity index (χ4v) is 2.72. The highest BCUT2D eigenvalue weighted by atomic mass is 15.2. The summed E-state index contributed by atoms with van der Waals surface area (Å²) < 4.78 is 0. The summed E-state index contributed by atoms with van der Waals surface area (Å²) in [5, 5.41) is 3.66. The van der Waals surface area contributed by atoms with Gasteiger partial charge in [0.25, 0.3) is 0 Å². The Morgan fingerprint density at radius 2 is 2.15 bits per heavy atom. The van der Waals surface area contributed by atoms with E-state index in [-0.39, 0.29) is 0 Å². The van der Waals surface area contributed by atoms with Crippen LogP contribution in [0.2, 0.25) is 0 Å². The lowest BCUT2D eigenvalue weighted by molar-refractivity contribution is 0.0942. The second-order valence-corrected chi connectivity index (χ2v) is 4.84. The van der Waals surface area contributed by atoms with Crippen LogP contribution in [0.15, 0.2) is 0 Å². The van der Waals surface area contributed by atoms with Crippen molar-refractivity contribution in [3.05, 3.63) is 0 Å². The van der Waals surface area contributed by atoms with Crippen LogP contribution < -0.4 is 5.32 Å². The fraction of sp³-hybridized carbons (Fsp3) is 1.00. The molecule has 0 amide bonds. The lowest BCUT2D eigenvalue weighted by atomic mass is 9.84. The first-order valence-electron chi connectivity index (χ1n) is 5.75. The molecule has 2 rings (SSSR count). The molecule has 2 heteroatoms. The van der Waals surface area contributed by atoms with Gasteiger partial charge in [-0.3, -0.25) is 4.90 Å². The van der Waals surface area contributed by atoms with E-state index in [1.165, 1.54) is 38.9 Å². The van der Waals surface area contributed by atoms with Crippen molar-refractivity contribution < 1.29 is 0 Å². The molecule has 2 unspecified atom stereocenters. The van der Waals surface area contributed by atoms with Gasteiger partial charge >= 0.3 is 0 Å². The molecule has 2 aliphatic rings. The minimum atomic E-state index is 0.727. The van der Waals surface area contributed by atoms with E-state index >= 15 is 0 Å². The van der Waals surface area contributed by atoms with Crippen LogP contribution in [0.5, 0.6) is 0 Å². The van der Waals surface area contributed by atoms with Crippen LogP contribution >= 0.6 is 0 Å². The first-order chi connectivity index (χ1) is 6.27. The largest absolute Gasteiger partial charge is 0.312 e. The van der Waals surface area contributed by atoms with Gasteiger partial charge in [-0.1, -0.05) is 0 Å². The van der Waals surface area contributed by atoms with Crippen LogP contribution in [-0.2, 0) is 0 Å². The second-order valence-electron chi connectivity index (χ2n) is 4.84. The van der Waals surface area contributed by atoms with Crippen molar-refractivity contribution in [3.8, 4) is 0 Å². The third-order valence-electron chi connectivity index (χ3n) is 3.68. The van der Waals surface area contributed by atoms with E-state index in [0.717, 1.165) is 18.0 Å². The molecule has 76 valence electrons. The zero-order valence-electron chi connectivity index (χ0n) is 8.92. The first kappa shape index (κ1) is 9.47. The van der Waals surface area contributed by atoms with Gasteiger partial charge in [0.05, 0.1) is 0 Å². The zero-order valence-corrected chi connectivity index (χ0v) is 8.92. The second kappa shape index (κ2) is 3.97. The molecule has 2 aliphatic heterocycles. The Kier molecular flexibility index (Phi) is 2.89. The summed E-state index contributed by atoms with van der Waals surface area (Å²) in [5.74, 6) is 0.976. The standard InChI is InChI=1S/C11H22N2/c1-9(2)13-7-5-10-4-3-6-12-11(10)8-13/h9-12H,3-8H2,1-2H3. The summed E-state index contributed by atoms with van der Waals surface area (Å²) in [5.41, 5.74) is 0.